The second-order valence-corrected chi connectivity index (χ2v) is 7.16. The number of hydrogen-bond donors (Lipinski definition) is 3. The van der Waals surface area contributed by atoms with Gasteiger partial charge in [0, 0.05) is 6.04 Å². The first-order chi connectivity index (χ1) is 9.91. The number of carboxylic acid groups (broad SMARTS) is 1. The van der Waals surface area contributed by atoms with Crippen molar-refractivity contribution in [2.45, 2.75) is 76.8 Å². The fraction of sp³-hybridized carbons (Fsp3) is 0.875. The molecule has 5 heteroatoms. The Bertz CT molecular complexity index is 381. The zero-order valence-electron chi connectivity index (χ0n) is 13.2. The molecular weight excluding hydrogens is 268 g/mol. The predicted molar refractivity (Wildman–Crippen MR) is 81.1 cm³/mol. The van der Waals surface area contributed by atoms with E-state index in [-0.39, 0.29) is 12.1 Å². The Morgan fingerprint density at radius 2 is 1.57 bits per heavy atom. The molecule has 2 aliphatic rings. The highest BCUT2D eigenvalue weighted by Crippen LogP contribution is 2.30. The standard InChI is InChI=1S/C16H28N2O3/c1-11-8-12(2)10-13(9-11)17-15(21)18-16(14(19)20)6-4-3-5-7-16/h11-13H,3-10H2,1-2H3,(H,19,20)(H2,17,18,21). The fourth-order valence-electron chi connectivity index (χ4n) is 4.05. The lowest BCUT2D eigenvalue weighted by atomic mass is 9.80. The van der Waals surface area contributed by atoms with Crippen molar-refractivity contribution in [3.8, 4) is 0 Å². The van der Waals surface area contributed by atoms with Gasteiger partial charge in [0.2, 0.25) is 0 Å². The molecule has 2 aliphatic carbocycles. The quantitative estimate of drug-likeness (QED) is 0.749. The van der Waals surface area contributed by atoms with Gasteiger partial charge in [0.05, 0.1) is 0 Å². The predicted octanol–water partition coefficient (Wildman–Crippen LogP) is 2.90. The van der Waals surface area contributed by atoms with Crippen LogP contribution < -0.4 is 10.6 Å². The molecule has 0 bridgehead atoms. The maximum absolute atomic E-state index is 12.2. The summed E-state index contributed by atoms with van der Waals surface area (Å²) in [5, 5.41) is 15.2. The van der Waals surface area contributed by atoms with E-state index in [4.69, 9.17) is 0 Å². The molecule has 0 aromatic rings. The number of carbonyl (C=O) groups is 2. The average molecular weight is 296 g/mol. The molecule has 0 aromatic carbocycles. The number of aliphatic carboxylic acids is 1. The van der Waals surface area contributed by atoms with Gasteiger partial charge in [0.25, 0.3) is 0 Å². The molecule has 2 unspecified atom stereocenters. The van der Waals surface area contributed by atoms with E-state index in [1.165, 1.54) is 6.42 Å². The Balaban J connectivity index is 1.92. The summed E-state index contributed by atoms with van der Waals surface area (Å²) in [6, 6.07) is -0.149. The van der Waals surface area contributed by atoms with Crippen LogP contribution in [0.4, 0.5) is 4.79 Å². The van der Waals surface area contributed by atoms with Gasteiger partial charge in [0.15, 0.2) is 0 Å². The Labute approximate surface area is 126 Å². The summed E-state index contributed by atoms with van der Waals surface area (Å²) in [5.74, 6) is 0.326. The lowest BCUT2D eigenvalue weighted by Crippen LogP contribution is -2.59. The van der Waals surface area contributed by atoms with E-state index in [1.54, 1.807) is 0 Å². The summed E-state index contributed by atoms with van der Waals surface area (Å²) < 4.78 is 0. The summed E-state index contributed by atoms with van der Waals surface area (Å²) in [6.07, 6.45) is 7.03. The third kappa shape index (κ3) is 4.11. The summed E-state index contributed by atoms with van der Waals surface area (Å²) in [7, 11) is 0. The minimum Gasteiger partial charge on any atom is -0.480 e. The van der Waals surface area contributed by atoms with E-state index in [0.717, 1.165) is 32.1 Å². The van der Waals surface area contributed by atoms with Crippen LogP contribution in [0.15, 0.2) is 0 Å². The second-order valence-electron chi connectivity index (χ2n) is 7.16. The van der Waals surface area contributed by atoms with Crippen molar-refractivity contribution in [3.05, 3.63) is 0 Å². The van der Waals surface area contributed by atoms with Gasteiger partial charge in [-0.3, -0.25) is 0 Å². The van der Waals surface area contributed by atoms with Crippen LogP contribution in [0.2, 0.25) is 0 Å². The third-order valence-electron chi connectivity index (χ3n) is 4.98. The molecule has 2 amide bonds. The summed E-state index contributed by atoms with van der Waals surface area (Å²) in [5.41, 5.74) is -1.06. The summed E-state index contributed by atoms with van der Waals surface area (Å²) in [4.78, 5) is 23.8. The van der Waals surface area contributed by atoms with Gasteiger partial charge in [-0.25, -0.2) is 9.59 Å². The summed E-state index contributed by atoms with van der Waals surface area (Å²) in [6.45, 7) is 4.42. The molecule has 0 saturated heterocycles. The van der Waals surface area contributed by atoms with Crippen LogP contribution >= 0.6 is 0 Å². The van der Waals surface area contributed by atoms with Crippen molar-refractivity contribution in [2.24, 2.45) is 11.8 Å². The van der Waals surface area contributed by atoms with Crippen molar-refractivity contribution >= 4 is 12.0 Å². The molecule has 2 rings (SSSR count). The van der Waals surface area contributed by atoms with Crippen LogP contribution in [0, 0.1) is 11.8 Å². The average Bonchev–Trinajstić information content (AvgIpc) is 2.37. The number of hydrogen-bond acceptors (Lipinski definition) is 2. The number of nitrogens with one attached hydrogen (secondary N) is 2. The van der Waals surface area contributed by atoms with Crippen LogP contribution in [-0.2, 0) is 4.79 Å². The molecule has 2 saturated carbocycles. The monoisotopic (exact) mass is 296 g/mol. The van der Waals surface area contributed by atoms with Crippen molar-refractivity contribution in [2.75, 3.05) is 0 Å². The van der Waals surface area contributed by atoms with E-state index >= 15 is 0 Å². The van der Waals surface area contributed by atoms with E-state index in [9.17, 15) is 14.7 Å². The maximum atomic E-state index is 12.2. The SMILES string of the molecule is CC1CC(C)CC(NC(=O)NC2(C(=O)O)CCCCC2)C1. The van der Waals surface area contributed by atoms with Gasteiger partial charge >= 0.3 is 12.0 Å². The minimum atomic E-state index is -1.06. The van der Waals surface area contributed by atoms with E-state index in [0.29, 0.717) is 24.7 Å². The van der Waals surface area contributed by atoms with Crippen molar-refractivity contribution in [1.82, 2.24) is 10.6 Å². The zero-order valence-corrected chi connectivity index (χ0v) is 13.2. The Morgan fingerprint density at radius 3 is 2.10 bits per heavy atom. The van der Waals surface area contributed by atoms with Gasteiger partial charge in [-0.2, -0.15) is 0 Å². The number of urea groups is 1. The van der Waals surface area contributed by atoms with Crippen LogP contribution in [0.1, 0.15) is 65.2 Å². The smallest absolute Gasteiger partial charge is 0.329 e. The molecule has 2 atom stereocenters. The Kier molecular flexibility index (Phi) is 5.12. The molecular formula is C16H28N2O3. The van der Waals surface area contributed by atoms with Crippen molar-refractivity contribution in [1.29, 1.82) is 0 Å². The van der Waals surface area contributed by atoms with E-state index in [1.807, 2.05) is 0 Å². The lowest BCUT2D eigenvalue weighted by Gasteiger charge is -2.36. The molecule has 0 radical (unpaired) electrons. The van der Waals surface area contributed by atoms with Crippen molar-refractivity contribution in [3.63, 3.8) is 0 Å². The highest BCUT2D eigenvalue weighted by Gasteiger charge is 2.41. The molecule has 0 spiro atoms. The number of carboxylic acids is 1. The molecule has 2 fully saturated rings. The number of carbonyl (C=O) groups excluding carboxylic acids is 1. The first-order valence-electron chi connectivity index (χ1n) is 8.23. The van der Waals surface area contributed by atoms with Gasteiger partial charge in [-0.15, -0.1) is 0 Å². The van der Waals surface area contributed by atoms with Crippen molar-refractivity contribution < 1.29 is 14.7 Å². The Hall–Kier alpha value is -1.26. The van der Waals surface area contributed by atoms with Crippen LogP contribution in [0.3, 0.4) is 0 Å². The minimum absolute atomic E-state index is 0.165. The first-order valence-corrected chi connectivity index (χ1v) is 8.23. The van der Waals surface area contributed by atoms with Gasteiger partial charge in [-0.05, 0) is 43.9 Å². The Morgan fingerprint density at radius 1 is 1.00 bits per heavy atom. The highest BCUT2D eigenvalue weighted by molar-refractivity contribution is 5.86. The third-order valence-corrected chi connectivity index (χ3v) is 4.98. The number of amides is 2. The normalized spacial score (nSPS) is 32.2. The molecule has 3 N–H and O–H groups in total. The zero-order chi connectivity index (χ0) is 15.5. The first kappa shape index (κ1) is 16.1. The topological polar surface area (TPSA) is 78.4 Å². The van der Waals surface area contributed by atoms with Gasteiger partial charge in [-0.1, -0.05) is 33.1 Å². The van der Waals surface area contributed by atoms with Crippen LogP contribution in [0.25, 0.3) is 0 Å². The molecule has 0 aliphatic heterocycles. The van der Waals surface area contributed by atoms with Crippen LogP contribution in [0.5, 0.6) is 0 Å². The maximum Gasteiger partial charge on any atom is 0.329 e. The van der Waals surface area contributed by atoms with Crippen LogP contribution in [-0.4, -0.2) is 28.7 Å². The molecule has 0 heterocycles. The second kappa shape index (κ2) is 6.67. The molecule has 120 valence electrons. The van der Waals surface area contributed by atoms with Gasteiger partial charge in [0.1, 0.15) is 5.54 Å². The number of rotatable bonds is 3. The lowest BCUT2D eigenvalue weighted by molar-refractivity contribution is -0.145. The van der Waals surface area contributed by atoms with E-state index < -0.39 is 11.5 Å². The molecule has 21 heavy (non-hydrogen) atoms. The highest BCUT2D eigenvalue weighted by atomic mass is 16.4. The largest absolute Gasteiger partial charge is 0.480 e. The van der Waals surface area contributed by atoms with E-state index in [2.05, 4.69) is 24.5 Å². The molecule has 0 aromatic heterocycles. The summed E-state index contributed by atoms with van der Waals surface area (Å²) >= 11 is 0. The van der Waals surface area contributed by atoms with Gasteiger partial charge < -0.3 is 15.7 Å². The molecule has 5 nitrogen and oxygen atoms in total. The fourth-order valence-corrected chi connectivity index (χ4v) is 4.05.